The number of amides is 1. The van der Waals surface area contributed by atoms with Gasteiger partial charge in [0.1, 0.15) is 5.82 Å². The third kappa shape index (κ3) is 2.34. The molecule has 0 aromatic heterocycles. The maximum Gasteiger partial charge on any atom is 0.228 e. The standard InChI is InChI=1S/C15H12BrFN2O/c16-11-3-1-9(6-12(11)17)15(18)8-2-4-13-10(5-8)7-14(20)19-13/h1-6,15H,7,18H2,(H,19,20). The Balaban J connectivity index is 1.94. The molecule has 3 rings (SSSR count). The van der Waals surface area contributed by atoms with Crippen LogP contribution in [-0.2, 0) is 11.2 Å². The molecule has 2 aromatic carbocycles. The number of halogens is 2. The van der Waals surface area contributed by atoms with Crippen LogP contribution in [0, 0.1) is 5.82 Å². The molecule has 1 amide bonds. The van der Waals surface area contributed by atoms with Crippen LogP contribution in [0.5, 0.6) is 0 Å². The lowest BCUT2D eigenvalue weighted by Gasteiger charge is -2.14. The van der Waals surface area contributed by atoms with E-state index in [4.69, 9.17) is 5.73 Å². The van der Waals surface area contributed by atoms with Gasteiger partial charge in [0.05, 0.1) is 16.9 Å². The maximum absolute atomic E-state index is 13.6. The molecule has 2 aromatic rings. The number of rotatable bonds is 2. The number of hydrogen-bond acceptors (Lipinski definition) is 2. The van der Waals surface area contributed by atoms with E-state index in [-0.39, 0.29) is 11.7 Å². The predicted molar refractivity (Wildman–Crippen MR) is 78.9 cm³/mol. The normalized spacial score (nSPS) is 14.8. The summed E-state index contributed by atoms with van der Waals surface area (Å²) >= 11 is 3.12. The number of nitrogens with two attached hydrogens (primary N) is 1. The molecule has 0 saturated heterocycles. The lowest BCUT2D eigenvalue weighted by molar-refractivity contribution is -0.115. The van der Waals surface area contributed by atoms with Gasteiger partial charge in [-0.1, -0.05) is 18.2 Å². The van der Waals surface area contributed by atoms with Gasteiger partial charge in [0.2, 0.25) is 5.91 Å². The third-order valence-corrected chi connectivity index (χ3v) is 4.06. The monoisotopic (exact) mass is 334 g/mol. The second kappa shape index (κ2) is 5.00. The molecule has 1 unspecified atom stereocenters. The zero-order valence-electron chi connectivity index (χ0n) is 10.5. The molecule has 0 radical (unpaired) electrons. The van der Waals surface area contributed by atoms with Gasteiger partial charge in [0.25, 0.3) is 0 Å². The molecule has 1 aliphatic rings. The molecule has 102 valence electrons. The van der Waals surface area contributed by atoms with E-state index < -0.39 is 6.04 Å². The molecule has 5 heteroatoms. The number of hydrogen-bond donors (Lipinski definition) is 2. The molecule has 0 fully saturated rings. The first-order chi connectivity index (χ1) is 9.54. The minimum atomic E-state index is -0.418. The molecule has 1 aliphatic heterocycles. The topological polar surface area (TPSA) is 55.1 Å². The summed E-state index contributed by atoms with van der Waals surface area (Å²) in [4.78, 5) is 11.3. The smallest absolute Gasteiger partial charge is 0.228 e. The van der Waals surface area contributed by atoms with Crippen molar-refractivity contribution in [2.75, 3.05) is 5.32 Å². The van der Waals surface area contributed by atoms with E-state index in [1.807, 2.05) is 18.2 Å². The van der Waals surface area contributed by atoms with Crippen LogP contribution in [0.1, 0.15) is 22.7 Å². The molecular formula is C15H12BrFN2O. The minimum absolute atomic E-state index is 0.0135. The van der Waals surface area contributed by atoms with Gasteiger partial charge in [-0.3, -0.25) is 4.79 Å². The lowest BCUT2D eigenvalue weighted by Crippen LogP contribution is -2.12. The fourth-order valence-electron chi connectivity index (χ4n) is 2.34. The fourth-order valence-corrected chi connectivity index (χ4v) is 2.59. The van der Waals surface area contributed by atoms with Crippen molar-refractivity contribution in [1.29, 1.82) is 0 Å². The molecule has 20 heavy (non-hydrogen) atoms. The highest BCUT2D eigenvalue weighted by Crippen LogP contribution is 2.29. The number of nitrogens with one attached hydrogen (secondary N) is 1. The summed E-state index contributed by atoms with van der Waals surface area (Å²) in [5.74, 6) is -0.351. The molecule has 0 bridgehead atoms. The van der Waals surface area contributed by atoms with Crippen LogP contribution in [0.25, 0.3) is 0 Å². The summed E-state index contributed by atoms with van der Waals surface area (Å²) in [5.41, 5.74) is 9.49. The highest BCUT2D eigenvalue weighted by Gasteiger charge is 2.19. The molecule has 1 atom stereocenters. The SMILES string of the molecule is NC(c1ccc(Br)c(F)c1)c1ccc2c(c1)CC(=O)N2. The molecule has 3 nitrogen and oxygen atoms in total. The van der Waals surface area contributed by atoms with Crippen LogP contribution < -0.4 is 11.1 Å². The summed E-state index contributed by atoms with van der Waals surface area (Å²) in [6.07, 6.45) is 0.366. The molecule has 1 heterocycles. The Morgan fingerprint density at radius 1 is 1.20 bits per heavy atom. The summed E-state index contributed by atoms with van der Waals surface area (Å²) in [7, 11) is 0. The second-order valence-corrected chi connectivity index (χ2v) is 5.65. The molecule has 0 saturated carbocycles. The highest BCUT2D eigenvalue weighted by molar-refractivity contribution is 9.10. The van der Waals surface area contributed by atoms with Crippen LogP contribution in [0.4, 0.5) is 10.1 Å². The van der Waals surface area contributed by atoms with Crippen molar-refractivity contribution in [3.05, 3.63) is 63.4 Å². The minimum Gasteiger partial charge on any atom is -0.326 e. The van der Waals surface area contributed by atoms with Crippen molar-refractivity contribution < 1.29 is 9.18 Å². The van der Waals surface area contributed by atoms with Crippen LogP contribution in [0.2, 0.25) is 0 Å². The van der Waals surface area contributed by atoms with E-state index in [1.165, 1.54) is 6.07 Å². The van der Waals surface area contributed by atoms with E-state index >= 15 is 0 Å². The fraction of sp³-hybridized carbons (Fsp3) is 0.133. The Bertz CT molecular complexity index is 702. The third-order valence-electron chi connectivity index (χ3n) is 3.42. The first-order valence-electron chi connectivity index (χ1n) is 6.18. The number of carbonyl (C=O) groups excluding carboxylic acids is 1. The van der Waals surface area contributed by atoms with E-state index in [2.05, 4.69) is 21.2 Å². The Kier molecular flexibility index (Phi) is 3.31. The quantitative estimate of drug-likeness (QED) is 0.886. The number of fused-ring (bicyclic) bond motifs is 1. The van der Waals surface area contributed by atoms with Gasteiger partial charge in [-0.05, 0) is 50.8 Å². The molecule has 0 aliphatic carbocycles. The van der Waals surface area contributed by atoms with Crippen LogP contribution in [0.15, 0.2) is 40.9 Å². The van der Waals surface area contributed by atoms with Gasteiger partial charge in [-0.25, -0.2) is 4.39 Å². The lowest BCUT2D eigenvalue weighted by atomic mass is 9.97. The molecule has 3 N–H and O–H groups in total. The first kappa shape index (κ1) is 13.3. The molecule has 0 spiro atoms. The van der Waals surface area contributed by atoms with E-state index in [0.29, 0.717) is 16.5 Å². The highest BCUT2D eigenvalue weighted by atomic mass is 79.9. The average Bonchev–Trinajstić information content (AvgIpc) is 2.80. The van der Waals surface area contributed by atoms with Crippen molar-refractivity contribution in [2.45, 2.75) is 12.5 Å². The Hall–Kier alpha value is -1.72. The molecular weight excluding hydrogens is 323 g/mol. The average molecular weight is 335 g/mol. The predicted octanol–water partition coefficient (Wildman–Crippen LogP) is 3.13. The zero-order valence-corrected chi connectivity index (χ0v) is 12.1. The van der Waals surface area contributed by atoms with Crippen molar-refractivity contribution in [2.24, 2.45) is 5.73 Å². The van der Waals surface area contributed by atoms with Crippen molar-refractivity contribution >= 4 is 27.5 Å². The number of anilines is 1. The van der Waals surface area contributed by atoms with Gasteiger partial charge in [0, 0.05) is 5.69 Å². The van der Waals surface area contributed by atoms with E-state index in [0.717, 1.165) is 16.8 Å². The van der Waals surface area contributed by atoms with Gasteiger partial charge in [0.15, 0.2) is 0 Å². The van der Waals surface area contributed by atoms with Crippen LogP contribution in [-0.4, -0.2) is 5.91 Å². The van der Waals surface area contributed by atoms with Crippen LogP contribution >= 0.6 is 15.9 Å². The van der Waals surface area contributed by atoms with Crippen molar-refractivity contribution in [1.82, 2.24) is 0 Å². The second-order valence-electron chi connectivity index (χ2n) is 4.79. The van der Waals surface area contributed by atoms with Crippen molar-refractivity contribution in [3.63, 3.8) is 0 Å². The Morgan fingerprint density at radius 3 is 2.65 bits per heavy atom. The summed E-state index contributed by atoms with van der Waals surface area (Å²) in [6, 6.07) is 10.0. The first-order valence-corrected chi connectivity index (χ1v) is 6.97. The zero-order chi connectivity index (χ0) is 14.3. The van der Waals surface area contributed by atoms with E-state index in [9.17, 15) is 9.18 Å². The number of carbonyl (C=O) groups is 1. The summed E-state index contributed by atoms with van der Waals surface area (Å²) in [5, 5.41) is 2.77. The summed E-state index contributed by atoms with van der Waals surface area (Å²) in [6.45, 7) is 0. The van der Waals surface area contributed by atoms with Crippen molar-refractivity contribution in [3.8, 4) is 0 Å². The summed E-state index contributed by atoms with van der Waals surface area (Å²) < 4.78 is 14.0. The van der Waals surface area contributed by atoms with Gasteiger partial charge in [-0.15, -0.1) is 0 Å². The van der Waals surface area contributed by atoms with E-state index in [1.54, 1.807) is 12.1 Å². The van der Waals surface area contributed by atoms with Gasteiger partial charge < -0.3 is 11.1 Å². The van der Waals surface area contributed by atoms with Gasteiger partial charge >= 0.3 is 0 Å². The van der Waals surface area contributed by atoms with Gasteiger partial charge in [-0.2, -0.15) is 0 Å². The Labute approximate surface area is 124 Å². The Morgan fingerprint density at radius 2 is 1.90 bits per heavy atom. The van der Waals surface area contributed by atoms with Crippen LogP contribution in [0.3, 0.4) is 0 Å². The maximum atomic E-state index is 13.6. The number of benzene rings is 2. The largest absolute Gasteiger partial charge is 0.326 e.